The summed E-state index contributed by atoms with van der Waals surface area (Å²) in [4.78, 5) is 13.6. The summed E-state index contributed by atoms with van der Waals surface area (Å²) in [6.45, 7) is 6.64. The SMILES string of the molecule is CCCCNC(=O)CN(C)CCOc1ccccc1C. The van der Waals surface area contributed by atoms with Gasteiger partial charge in [-0.3, -0.25) is 9.69 Å². The summed E-state index contributed by atoms with van der Waals surface area (Å²) in [6.07, 6.45) is 2.13. The molecular formula is C16H26N2O2. The van der Waals surface area contributed by atoms with E-state index in [1.165, 1.54) is 0 Å². The van der Waals surface area contributed by atoms with Crippen LogP contribution in [-0.2, 0) is 4.79 Å². The zero-order chi connectivity index (χ0) is 14.8. The maximum Gasteiger partial charge on any atom is 0.234 e. The molecule has 4 heteroatoms. The first kappa shape index (κ1) is 16.5. The van der Waals surface area contributed by atoms with Crippen LogP contribution in [0.15, 0.2) is 24.3 Å². The monoisotopic (exact) mass is 278 g/mol. The smallest absolute Gasteiger partial charge is 0.234 e. The lowest BCUT2D eigenvalue weighted by atomic mass is 10.2. The average Bonchev–Trinajstić information content (AvgIpc) is 2.41. The number of likely N-dealkylation sites (N-methyl/N-ethyl adjacent to an activating group) is 1. The highest BCUT2D eigenvalue weighted by Crippen LogP contribution is 2.15. The topological polar surface area (TPSA) is 41.6 Å². The van der Waals surface area contributed by atoms with Crippen molar-refractivity contribution in [2.24, 2.45) is 0 Å². The van der Waals surface area contributed by atoms with Gasteiger partial charge in [0.2, 0.25) is 5.91 Å². The fourth-order valence-corrected chi connectivity index (χ4v) is 1.81. The van der Waals surface area contributed by atoms with Crippen LogP contribution < -0.4 is 10.1 Å². The maximum atomic E-state index is 11.6. The largest absolute Gasteiger partial charge is 0.492 e. The van der Waals surface area contributed by atoms with Gasteiger partial charge in [-0.15, -0.1) is 0 Å². The van der Waals surface area contributed by atoms with E-state index in [2.05, 4.69) is 12.2 Å². The summed E-state index contributed by atoms with van der Waals surface area (Å²) in [7, 11) is 1.93. The Bertz CT molecular complexity index is 407. The van der Waals surface area contributed by atoms with Gasteiger partial charge in [0.25, 0.3) is 0 Å². The molecular weight excluding hydrogens is 252 g/mol. The number of unbranched alkanes of at least 4 members (excludes halogenated alkanes) is 1. The number of carbonyl (C=O) groups is 1. The lowest BCUT2D eigenvalue weighted by molar-refractivity contribution is -0.122. The number of nitrogens with one attached hydrogen (secondary N) is 1. The maximum absolute atomic E-state index is 11.6. The molecule has 1 amide bonds. The van der Waals surface area contributed by atoms with E-state index < -0.39 is 0 Å². The van der Waals surface area contributed by atoms with E-state index in [4.69, 9.17) is 4.74 Å². The molecule has 112 valence electrons. The molecule has 0 radical (unpaired) electrons. The van der Waals surface area contributed by atoms with Crippen LogP contribution in [0, 0.1) is 6.92 Å². The molecule has 0 unspecified atom stereocenters. The first-order chi connectivity index (χ1) is 9.63. The Morgan fingerprint density at radius 3 is 2.80 bits per heavy atom. The summed E-state index contributed by atoms with van der Waals surface area (Å²) in [5.74, 6) is 0.991. The van der Waals surface area contributed by atoms with Crippen LogP contribution in [0.2, 0.25) is 0 Å². The minimum atomic E-state index is 0.0804. The van der Waals surface area contributed by atoms with Crippen molar-refractivity contribution >= 4 is 5.91 Å². The number of amides is 1. The van der Waals surface area contributed by atoms with Crippen molar-refractivity contribution in [1.82, 2.24) is 10.2 Å². The van der Waals surface area contributed by atoms with Gasteiger partial charge in [0, 0.05) is 13.1 Å². The quantitative estimate of drug-likeness (QED) is 0.704. The van der Waals surface area contributed by atoms with E-state index in [-0.39, 0.29) is 5.91 Å². The second kappa shape index (κ2) is 9.37. The van der Waals surface area contributed by atoms with Gasteiger partial charge < -0.3 is 10.1 Å². The molecule has 0 aliphatic carbocycles. The highest BCUT2D eigenvalue weighted by atomic mass is 16.5. The molecule has 1 aromatic rings. The molecule has 1 aromatic carbocycles. The number of nitrogens with zero attached hydrogens (tertiary/aromatic N) is 1. The summed E-state index contributed by atoms with van der Waals surface area (Å²) >= 11 is 0. The summed E-state index contributed by atoms with van der Waals surface area (Å²) < 4.78 is 5.71. The van der Waals surface area contributed by atoms with Crippen LogP contribution in [0.4, 0.5) is 0 Å². The van der Waals surface area contributed by atoms with Crippen LogP contribution in [0.1, 0.15) is 25.3 Å². The summed E-state index contributed by atoms with van der Waals surface area (Å²) in [5.41, 5.74) is 1.13. The predicted octanol–water partition coefficient (Wildman–Crippen LogP) is 2.22. The Kier molecular flexibility index (Phi) is 7.73. The second-order valence-corrected chi connectivity index (χ2v) is 5.06. The summed E-state index contributed by atoms with van der Waals surface area (Å²) in [5, 5.41) is 2.91. The van der Waals surface area contributed by atoms with Crippen molar-refractivity contribution in [1.29, 1.82) is 0 Å². The van der Waals surface area contributed by atoms with Gasteiger partial charge >= 0.3 is 0 Å². The summed E-state index contributed by atoms with van der Waals surface area (Å²) in [6, 6.07) is 7.95. The van der Waals surface area contributed by atoms with Gasteiger partial charge in [0.05, 0.1) is 6.54 Å². The van der Waals surface area contributed by atoms with E-state index >= 15 is 0 Å². The van der Waals surface area contributed by atoms with Crippen molar-refractivity contribution in [3.8, 4) is 5.75 Å². The molecule has 0 aliphatic heterocycles. The Balaban J connectivity index is 2.18. The molecule has 0 atom stereocenters. The molecule has 4 nitrogen and oxygen atoms in total. The van der Waals surface area contributed by atoms with Gasteiger partial charge in [-0.2, -0.15) is 0 Å². The molecule has 0 aromatic heterocycles. The standard InChI is InChI=1S/C16H26N2O2/c1-4-5-10-17-16(19)13-18(3)11-12-20-15-9-7-6-8-14(15)2/h6-9H,4-5,10-13H2,1-3H3,(H,17,19). The van der Waals surface area contributed by atoms with E-state index in [9.17, 15) is 4.79 Å². The van der Waals surface area contributed by atoms with Crippen molar-refractivity contribution < 1.29 is 9.53 Å². The molecule has 0 saturated carbocycles. The number of hydrogen-bond acceptors (Lipinski definition) is 3. The second-order valence-electron chi connectivity index (χ2n) is 5.06. The molecule has 20 heavy (non-hydrogen) atoms. The van der Waals surface area contributed by atoms with Crippen molar-refractivity contribution in [3.63, 3.8) is 0 Å². The first-order valence-corrected chi connectivity index (χ1v) is 7.27. The predicted molar refractivity (Wildman–Crippen MR) is 82.1 cm³/mol. The first-order valence-electron chi connectivity index (χ1n) is 7.27. The van der Waals surface area contributed by atoms with Gasteiger partial charge in [0.1, 0.15) is 12.4 Å². The third kappa shape index (κ3) is 6.57. The minimum absolute atomic E-state index is 0.0804. The Morgan fingerprint density at radius 1 is 1.35 bits per heavy atom. The normalized spacial score (nSPS) is 10.6. The average molecular weight is 278 g/mol. The zero-order valence-electron chi connectivity index (χ0n) is 12.8. The zero-order valence-corrected chi connectivity index (χ0v) is 12.8. The van der Waals surface area contributed by atoms with Crippen LogP contribution in [0.3, 0.4) is 0 Å². The number of ether oxygens (including phenoxy) is 1. The van der Waals surface area contributed by atoms with Crippen LogP contribution in [0.5, 0.6) is 5.75 Å². The van der Waals surface area contributed by atoms with E-state index in [1.807, 2.05) is 43.1 Å². The number of benzene rings is 1. The van der Waals surface area contributed by atoms with Gasteiger partial charge in [0.15, 0.2) is 0 Å². The number of rotatable bonds is 9. The van der Waals surface area contributed by atoms with E-state index in [1.54, 1.807) is 0 Å². The van der Waals surface area contributed by atoms with Crippen molar-refractivity contribution in [3.05, 3.63) is 29.8 Å². The lowest BCUT2D eigenvalue weighted by Crippen LogP contribution is -2.37. The van der Waals surface area contributed by atoms with Gasteiger partial charge in [-0.05, 0) is 32.0 Å². The highest BCUT2D eigenvalue weighted by Gasteiger charge is 2.06. The Morgan fingerprint density at radius 2 is 2.10 bits per heavy atom. The minimum Gasteiger partial charge on any atom is -0.492 e. The molecule has 0 fully saturated rings. The Hall–Kier alpha value is -1.55. The molecule has 0 bridgehead atoms. The Labute approximate surface area is 122 Å². The third-order valence-corrected chi connectivity index (χ3v) is 3.09. The highest BCUT2D eigenvalue weighted by molar-refractivity contribution is 5.77. The number of para-hydroxylation sites is 1. The van der Waals surface area contributed by atoms with Crippen molar-refractivity contribution in [2.75, 3.05) is 33.3 Å². The molecule has 0 heterocycles. The van der Waals surface area contributed by atoms with Crippen LogP contribution >= 0.6 is 0 Å². The van der Waals surface area contributed by atoms with E-state index in [0.29, 0.717) is 13.2 Å². The van der Waals surface area contributed by atoms with Gasteiger partial charge in [-0.25, -0.2) is 0 Å². The number of aryl methyl sites for hydroxylation is 1. The molecule has 0 aliphatic rings. The molecule has 0 spiro atoms. The number of carbonyl (C=O) groups excluding carboxylic acids is 1. The van der Waals surface area contributed by atoms with Gasteiger partial charge in [-0.1, -0.05) is 31.5 Å². The molecule has 1 N–H and O–H groups in total. The fourth-order valence-electron chi connectivity index (χ4n) is 1.81. The van der Waals surface area contributed by atoms with Crippen LogP contribution in [0.25, 0.3) is 0 Å². The van der Waals surface area contributed by atoms with Crippen LogP contribution in [-0.4, -0.2) is 44.1 Å². The van der Waals surface area contributed by atoms with Crippen molar-refractivity contribution in [2.45, 2.75) is 26.7 Å². The van der Waals surface area contributed by atoms with E-state index in [0.717, 1.165) is 37.2 Å². The molecule has 1 rings (SSSR count). The fraction of sp³-hybridized carbons (Fsp3) is 0.562. The number of hydrogen-bond donors (Lipinski definition) is 1. The third-order valence-electron chi connectivity index (χ3n) is 3.09. The lowest BCUT2D eigenvalue weighted by Gasteiger charge is -2.17. The molecule has 0 saturated heterocycles.